The summed E-state index contributed by atoms with van der Waals surface area (Å²) < 4.78 is 5.86. The van der Waals surface area contributed by atoms with Gasteiger partial charge in [0.2, 0.25) is 5.91 Å². The van der Waals surface area contributed by atoms with E-state index in [0.29, 0.717) is 6.61 Å². The van der Waals surface area contributed by atoms with Gasteiger partial charge in [0.05, 0.1) is 0 Å². The minimum Gasteiger partial charge on any atom is -0.489 e. The highest BCUT2D eigenvalue weighted by molar-refractivity contribution is 5.95. The Morgan fingerprint density at radius 3 is 2.63 bits per heavy atom. The Kier molecular flexibility index (Phi) is 6.08. The summed E-state index contributed by atoms with van der Waals surface area (Å²) in [7, 11) is 0. The lowest BCUT2D eigenvalue weighted by molar-refractivity contribution is -0.118. The van der Waals surface area contributed by atoms with Crippen LogP contribution in [0.2, 0.25) is 0 Å². The van der Waals surface area contributed by atoms with Gasteiger partial charge < -0.3 is 15.4 Å². The van der Waals surface area contributed by atoms with E-state index in [9.17, 15) is 4.79 Å². The summed E-state index contributed by atoms with van der Waals surface area (Å²) in [5.74, 6) is 1.18. The second kappa shape index (κ2) is 8.32. The molecule has 5 heteroatoms. The molecule has 2 N–H and O–H groups in total. The summed E-state index contributed by atoms with van der Waals surface area (Å²) in [6, 6.07) is 16.0. The molecule has 1 atom stereocenters. The largest absolute Gasteiger partial charge is 0.489 e. The first-order valence-corrected chi connectivity index (χ1v) is 9.45. The normalized spacial score (nSPS) is 19.8. The maximum atomic E-state index is 12.6. The number of aryl methyl sites for hydroxylation is 1. The highest BCUT2D eigenvalue weighted by atomic mass is 35.5. The molecular weight excluding hydrogens is 360 g/mol. The Morgan fingerprint density at radius 1 is 1.19 bits per heavy atom. The van der Waals surface area contributed by atoms with E-state index in [4.69, 9.17) is 4.74 Å². The standard InChI is InChI=1S/C22H26N2O2.ClH/c1-16-13-18(26-15-17-5-3-2-4-6-17)7-8-20(16)24-21(25)19-14-22(19)9-11-23-12-10-22;/h2-8,13,19,23H,9-12,14-15H2,1H3,(H,24,25);1H. The van der Waals surface area contributed by atoms with Crippen molar-refractivity contribution in [1.29, 1.82) is 0 Å². The SMILES string of the molecule is Cc1cc(OCc2ccccc2)ccc1NC(=O)C1CC12CCNCC2.Cl. The fraction of sp³-hybridized carbons (Fsp3) is 0.409. The van der Waals surface area contributed by atoms with Crippen molar-refractivity contribution in [2.45, 2.75) is 32.8 Å². The van der Waals surface area contributed by atoms with Gasteiger partial charge in [-0.3, -0.25) is 4.79 Å². The molecule has 4 rings (SSSR count). The Morgan fingerprint density at radius 2 is 1.93 bits per heavy atom. The molecule has 1 aliphatic heterocycles. The molecule has 27 heavy (non-hydrogen) atoms. The van der Waals surface area contributed by atoms with Gasteiger partial charge in [-0.15, -0.1) is 12.4 Å². The van der Waals surface area contributed by atoms with Crippen LogP contribution in [0.15, 0.2) is 48.5 Å². The second-order valence-corrected chi connectivity index (χ2v) is 7.61. The number of nitrogens with one attached hydrogen (secondary N) is 2. The first-order chi connectivity index (χ1) is 12.7. The van der Waals surface area contributed by atoms with Crippen LogP contribution in [0.4, 0.5) is 5.69 Å². The minimum atomic E-state index is 0. The Balaban J connectivity index is 0.00000210. The van der Waals surface area contributed by atoms with E-state index < -0.39 is 0 Å². The van der Waals surface area contributed by atoms with Gasteiger partial charge in [0.25, 0.3) is 0 Å². The molecule has 0 radical (unpaired) electrons. The van der Waals surface area contributed by atoms with Crippen molar-refractivity contribution in [2.75, 3.05) is 18.4 Å². The molecule has 1 amide bonds. The highest BCUT2D eigenvalue weighted by Crippen LogP contribution is 2.58. The van der Waals surface area contributed by atoms with E-state index in [1.165, 1.54) is 0 Å². The van der Waals surface area contributed by atoms with Crippen molar-refractivity contribution in [3.05, 3.63) is 59.7 Å². The molecule has 144 valence electrons. The third-order valence-electron chi connectivity index (χ3n) is 5.81. The number of amides is 1. The lowest BCUT2D eigenvalue weighted by Gasteiger charge is -2.23. The molecule has 2 aliphatic rings. The van der Waals surface area contributed by atoms with E-state index in [1.54, 1.807) is 0 Å². The topological polar surface area (TPSA) is 50.4 Å². The summed E-state index contributed by atoms with van der Waals surface area (Å²) in [5, 5.41) is 6.51. The number of halogens is 1. The molecule has 2 aromatic carbocycles. The predicted molar refractivity (Wildman–Crippen MR) is 110 cm³/mol. The average molecular weight is 387 g/mol. The number of carbonyl (C=O) groups is 1. The third kappa shape index (κ3) is 4.45. The zero-order valence-corrected chi connectivity index (χ0v) is 16.5. The quantitative estimate of drug-likeness (QED) is 0.804. The number of ether oxygens (including phenoxy) is 1. The van der Waals surface area contributed by atoms with Gasteiger partial charge in [-0.25, -0.2) is 0 Å². The lowest BCUT2D eigenvalue weighted by Crippen LogP contribution is -2.31. The lowest BCUT2D eigenvalue weighted by atomic mass is 9.91. The van der Waals surface area contributed by atoms with Gasteiger partial charge in [0.1, 0.15) is 12.4 Å². The molecule has 0 aromatic heterocycles. The Bertz CT molecular complexity index is 788. The van der Waals surface area contributed by atoms with Crippen LogP contribution in [-0.2, 0) is 11.4 Å². The molecule has 1 saturated carbocycles. The maximum absolute atomic E-state index is 12.6. The van der Waals surface area contributed by atoms with Gasteiger partial charge in [-0.05, 0) is 74.0 Å². The molecule has 0 bridgehead atoms. The van der Waals surface area contributed by atoms with Gasteiger partial charge in [-0.2, -0.15) is 0 Å². The van der Waals surface area contributed by atoms with Crippen molar-refractivity contribution < 1.29 is 9.53 Å². The van der Waals surface area contributed by atoms with Crippen LogP contribution in [0.5, 0.6) is 5.75 Å². The van der Waals surface area contributed by atoms with Gasteiger partial charge in [0, 0.05) is 11.6 Å². The first kappa shape index (κ1) is 19.7. The molecule has 1 spiro atoms. The summed E-state index contributed by atoms with van der Waals surface area (Å²) in [6.07, 6.45) is 3.28. The number of carbonyl (C=O) groups excluding carboxylic acids is 1. The number of piperidine rings is 1. The Hall–Kier alpha value is -2.04. The van der Waals surface area contributed by atoms with Crippen LogP contribution in [0.3, 0.4) is 0 Å². The van der Waals surface area contributed by atoms with Gasteiger partial charge in [-0.1, -0.05) is 30.3 Å². The van der Waals surface area contributed by atoms with Crippen molar-refractivity contribution in [3.63, 3.8) is 0 Å². The van der Waals surface area contributed by atoms with Crippen LogP contribution < -0.4 is 15.4 Å². The van der Waals surface area contributed by atoms with Crippen molar-refractivity contribution in [3.8, 4) is 5.75 Å². The molecule has 1 unspecified atom stereocenters. The number of hydrogen-bond acceptors (Lipinski definition) is 3. The number of anilines is 1. The van der Waals surface area contributed by atoms with Crippen molar-refractivity contribution in [1.82, 2.24) is 5.32 Å². The van der Waals surface area contributed by atoms with E-state index >= 15 is 0 Å². The molecular formula is C22H27ClN2O2. The van der Waals surface area contributed by atoms with Crippen LogP contribution in [0.25, 0.3) is 0 Å². The summed E-state index contributed by atoms with van der Waals surface area (Å²) in [6.45, 7) is 4.63. The Labute approximate surface area is 167 Å². The molecule has 1 heterocycles. The van der Waals surface area contributed by atoms with E-state index in [0.717, 1.165) is 54.9 Å². The monoisotopic (exact) mass is 386 g/mol. The van der Waals surface area contributed by atoms with E-state index in [2.05, 4.69) is 10.6 Å². The smallest absolute Gasteiger partial charge is 0.228 e. The average Bonchev–Trinajstić information content (AvgIpc) is 3.36. The van der Waals surface area contributed by atoms with Gasteiger partial charge >= 0.3 is 0 Å². The van der Waals surface area contributed by atoms with Gasteiger partial charge in [0.15, 0.2) is 0 Å². The van der Waals surface area contributed by atoms with Crippen LogP contribution in [0, 0.1) is 18.3 Å². The van der Waals surface area contributed by atoms with Crippen molar-refractivity contribution in [2.24, 2.45) is 11.3 Å². The van der Waals surface area contributed by atoms with E-state index in [-0.39, 0.29) is 29.6 Å². The molecule has 4 nitrogen and oxygen atoms in total. The molecule has 2 aromatic rings. The summed E-state index contributed by atoms with van der Waals surface area (Å²) in [4.78, 5) is 12.6. The molecule has 2 fully saturated rings. The maximum Gasteiger partial charge on any atom is 0.228 e. The number of benzene rings is 2. The van der Waals surface area contributed by atoms with Crippen LogP contribution in [-0.4, -0.2) is 19.0 Å². The van der Waals surface area contributed by atoms with Crippen LogP contribution in [0.1, 0.15) is 30.4 Å². The molecule has 1 aliphatic carbocycles. The minimum absolute atomic E-state index is 0. The fourth-order valence-corrected chi connectivity index (χ4v) is 4.02. The van der Waals surface area contributed by atoms with Crippen LogP contribution >= 0.6 is 12.4 Å². The number of hydrogen-bond donors (Lipinski definition) is 2. The zero-order chi connectivity index (χ0) is 18.0. The van der Waals surface area contributed by atoms with Crippen molar-refractivity contribution >= 4 is 24.0 Å². The third-order valence-corrected chi connectivity index (χ3v) is 5.81. The second-order valence-electron chi connectivity index (χ2n) is 7.61. The highest BCUT2D eigenvalue weighted by Gasteiger charge is 2.57. The van der Waals surface area contributed by atoms with E-state index in [1.807, 2.05) is 55.5 Å². The molecule has 1 saturated heterocycles. The fourth-order valence-electron chi connectivity index (χ4n) is 4.02. The summed E-state index contributed by atoms with van der Waals surface area (Å²) >= 11 is 0. The predicted octanol–water partition coefficient (Wildman–Crippen LogP) is 4.32. The summed E-state index contributed by atoms with van der Waals surface area (Å²) in [5.41, 5.74) is 3.33. The number of rotatable bonds is 5. The first-order valence-electron chi connectivity index (χ1n) is 9.45. The zero-order valence-electron chi connectivity index (χ0n) is 15.7.